The Morgan fingerprint density at radius 1 is 1.42 bits per heavy atom. The van der Waals surface area contributed by atoms with E-state index < -0.39 is 0 Å². The Kier molecular flexibility index (Phi) is 4.90. The topological polar surface area (TPSA) is 46.3 Å². The normalized spacial score (nSPS) is 16.1. The van der Waals surface area contributed by atoms with Gasteiger partial charge in [0.05, 0.1) is 6.04 Å². The van der Waals surface area contributed by atoms with Gasteiger partial charge in [-0.2, -0.15) is 0 Å². The Morgan fingerprint density at radius 3 is 2.17 bits per heavy atom. The predicted molar refractivity (Wildman–Crippen MR) is 50.8 cm³/mol. The fourth-order valence-corrected chi connectivity index (χ4v) is 1.29. The van der Waals surface area contributed by atoms with Crippen LogP contribution >= 0.6 is 0 Å². The molecule has 0 spiro atoms. The second-order valence-corrected chi connectivity index (χ2v) is 3.25. The molecule has 0 aromatic rings. The van der Waals surface area contributed by atoms with E-state index in [1.165, 1.54) is 0 Å². The van der Waals surface area contributed by atoms with Crippen molar-refractivity contribution in [2.45, 2.75) is 45.7 Å². The number of carbonyl (C=O) groups is 1. The number of hydrogen-bond donors (Lipinski definition) is 1. The van der Waals surface area contributed by atoms with Gasteiger partial charge in [0, 0.05) is 6.04 Å². The largest absolute Gasteiger partial charge is 0.368 e. The van der Waals surface area contributed by atoms with Crippen molar-refractivity contribution in [3.8, 4) is 0 Å². The number of amides is 1. The van der Waals surface area contributed by atoms with Gasteiger partial charge in [-0.05, 0) is 26.8 Å². The first-order chi connectivity index (χ1) is 5.54. The zero-order chi connectivity index (χ0) is 9.72. The smallest absolute Gasteiger partial charge is 0.234 e. The molecule has 0 rings (SSSR count). The molecule has 1 amide bonds. The van der Waals surface area contributed by atoms with Crippen LogP contribution in [-0.2, 0) is 4.79 Å². The lowest BCUT2D eigenvalue weighted by atomic mass is 10.1. The van der Waals surface area contributed by atoms with E-state index in [1.54, 1.807) is 0 Å². The Bertz CT molecular complexity index is 147. The van der Waals surface area contributed by atoms with Gasteiger partial charge in [0.1, 0.15) is 0 Å². The number of hydrogen-bond acceptors (Lipinski definition) is 2. The number of nitrogens with zero attached hydrogens (tertiary/aromatic N) is 1. The Balaban J connectivity index is 4.20. The van der Waals surface area contributed by atoms with Gasteiger partial charge in [-0.3, -0.25) is 9.69 Å². The van der Waals surface area contributed by atoms with Gasteiger partial charge in [-0.1, -0.05) is 13.8 Å². The Morgan fingerprint density at radius 2 is 1.92 bits per heavy atom. The SMILES string of the molecule is CCC(C)N(C)C(CC)C(N)=O. The predicted octanol–water partition coefficient (Wildman–Crippen LogP) is 0.981. The van der Waals surface area contributed by atoms with E-state index in [0.717, 1.165) is 12.8 Å². The molecule has 12 heavy (non-hydrogen) atoms. The molecular formula is C9H20N2O. The van der Waals surface area contributed by atoms with Crippen LogP contribution in [0, 0.1) is 0 Å². The van der Waals surface area contributed by atoms with Crippen molar-refractivity contribution in [2.24, 2.45) is 5.73 Å². The van der Waals surface area contributed by atoms with E-state index in [1.807, 2.05) is 18.9 Å². The van der Waals surface area contributed by atoms with Crippen LogP contribution in [0.25, 0.3) is 0 Å². The molecular weight excluding hydrogens is 152 g/mol. The quantitative estimate of drug-likeness (QED) is 0.672. The minimum atomic E-state index is -0.222. The minimum Gasteiger partial charge on any atom is -0.368 e. The van der Waals surface area contributed by atoms with Crippen molar-refractivity contribution >= 4 is 5.91 Å². The van der Waals surface area contributed by atoms with Crippen LogP contribution < -0.4 is 5.73 Å². The van der Waals surface area contributed by atoms with Gasteiger partial charge < -0.3 is 5.73 Å². The molecule has 2 unspecified atom stereocenters. The second kappa shape index (κ2) is 5.14. The van der Waals surface area contributed by atoms with E-state index in [0.29, 0.717) is 6.04 Å². The summed E-state index contributed by atoms with van der Waals surface area (Å²) in [7, 11) is 1.95. The number of rotatable bonds is 5. The van der Waals surface area contributed by atoms with E-state index in [9.17, 15) is 4.79 Å². The van der Waals surface area contributed by atoms with Gasteiger partial charge >= 0.3 is 0 Å². The van der Waals surface area contributed by atoms with Crippen LogP contribution in [0.2, 0.25) is 0 Å². The third-order valence-electron chi connectivity index (χ3n) is 2.49. The van der Waals surface area contributed by atoms with Crippen LogP contribution in [0.5, 0.6) is 0 Å². The van der Waals surface area contributed by atoms with Crippen LogP contribution in [0.4, 0.5) is 0 Å². The number of nitrogens with two attached hydrogens (primary N) is 1. The first-order valence-electron chi connectivity index (χ1n) is 4.55. The monoisotopic (exact) mass is 172 g/mol. The van der Waals surface area contributed by atoms with Gasteiger partial charge in [0.15, 0.2) is 0 Å². The van der Waals surface area contributed by atoms with Crippen LogP contribution in [0.15, 0.2) is 0 Å². The molecule has 72 valence electrons. The number of likely N-dealkylation sites (N-methyl/N-ethyl adjacent to an activating group) is 1. The standard InChI is InChI=1S/C9H20N2O/c1-5-7(3)11(4)8(6-2)9(10)12/h7-8H,5-6H2,1-4H3,(H2,10,12). The number of carbonyl (C=O) groups excluding carboxylic acids is 1. The van der Waals surface area contributed by atoms with Crippen molar-refractivity contribution in [3.63, 3.8) is 0 Å². The maximum atomic E-state index is 11.0. The fraction of sp³-hybridized carbons (Fsp3) is 0.889. The lowest BCUT2D eigenvalue weighted by Gasteiger charge is -2.29. The molecule has 0 fully saturated rings. The summed E-state index contributed by atoms with van der Waals surface area (Å²) in [5, 5.41) is 0. The molecule has 0 saturated heterocycles. The Labute approximate surface area is 74.9 Å². The zero-order valence-corrected chi connectivity index (χ0v) is 8.50. The van der Waals surface area contributed by atoms with Crippen molar-refractivity contribution in [3.05, 3.63) is 0 Å². The van der Waals surface area contributed by atoms with Crippen LogP contribution in [0.3, 0.4) is 0 Å². The minimum absolute atomic E-state index is 0.111. The fourth-order valence-electron chi connectivity index (χ4n) is 1.29. The van der Waals surface area contributed by atoms with E-state index in [4.69, 9.17) is 5.73 Å². The molecule has 0 aromatic heterocycles. The average Bonchev–Trinajstić information content (AvgIpc) is 2.03. The van der Waals surface area contributed by atoms with Crippen molar-refractivity contribution < 1.29 is 4.79 Å². The summed E-state index contributed by atoms with van der Waals surface area (Å²) in [5.74, 6) is -0.222. The highest BCUT2D eigenvalue weighted by Gasteiger charge is 2.21. The highest BCUT2D eigenvalue weighted by molar-refractivity contribution is 5.79. The van der Waals surface area contributed by atoms with Crippen molar-refractivity contribution in [2.75, 3.05) is 7.05 Å². The van der Waals surface area contributed by atoms with Gasteiger partial charge in [-0.15, -0.1) is 0 Å². The maximum Gasteiger partial charge on any atom is 0.234 e. The molecule has 2 N–H and O–H groups in total. The lowest BCUT2D eigenvalue weighted by Crippen LogP contribution is -2.46. The zero-order valence-electron chi connectivity index (χ0n) is 8.50. The van der Waals surface area contributed by atoms with Crippen LogP contribution in [-0.4, -0.2) is 29.9 Å². The molecule has 3 nitrogen and oxygen atoms in total. The first-order valence-corrected chi connectivity index (χ1v) is 4.55. The molecule has 0 bridgehead atoms. The third kappa shape index (κ3) is 2.81. The molecule has 0 heterocycles. The summed E-state index contributed by atoms with van der Waals surface area (Å²) in [4.78, 5) is 13.0. The summed E-state index contributed by atoms with van der Waals surface area (Å²) in [5.41, 5.74) is 5.26. The molecule has 0 saturated carbocycles. The summed E-state index contributed by atoms with van der Waals surface area (Å²) >= 11 is 0. The van der Waals surface area contributed by atoms with Crippen molar-refractivity contribution in [1.29, 1.82) is 0 Å². The summed E-state index contributed by atoms with van der Waals surface area (Å²) in [6.45, 7) is 6.19. The molecule has 0 aliphatic carbocycles. The average molecular weight is 172 g/mol. The molecule has 0 aliphatic rings. The third-order valence-corrected chi connectivity index (χ3v) is 2.49. The second-order valence-electron chi connectivity index (χ2n) is 3.25. The van der Waals surface area contributed by atoms with Gasteiger partial charge in [-0.25, -0.2) is 0 Å². The van der Waals surface area contributed by atoms with Crippen LogP contribution in [0.1, 0.15) is 33.6 Å². The highest BCUT2D eigenvalue weighted by Crippen LogP contribution is 2.08. The van der Waals surface area contributed by atoms with E-state index >= 15 is 0 Å². The molecule has 0 aromatic carbocycles. The summed E-state index contributed by atoms with van der Waals surface area (Å²) in [6, 6.07) is 0.308. The molecule has 3 heteroatoms. The Hall–Kier alpha value is -0.570. The molecule has 0 radical (unpaired) electrons. The lowest BCUT2D eigenvalue weighted by molar-refractivity contribution is -0.123. The molecule has 2 atom stereocenters. The van der Waals surface area contributed by atoms with E-state index in [-0.39, 0.29) is 11.9 Å². The summed E-state index contributed by atoms with van der Waals surface area (Å²) in [6.07, 6.45) is 1.83. The van der Waals surface area contributed by atoms with Crippen molar-refractivity contribution in [1.82, 2.24) is 4.90 Å². The van der Waals surface area contributed by atoms with Gasteiger partial charge in [0.25, 0.3) is 0 Å². The van der Waals surface area contributed by atoms with Gasteiger partial charge in [0.2, 0.25) is 5.91 Å². The summed E-state index contributed by atoms with van der Waals surface area (Å²) < 4.78 is 0. The highest BCUT2D eigenvalue weighted by atomic mass is 16.1. The first kappa shape index (κ1) is 11.4. The van der Waals surface area contributed by atoms with E-state index in [2.05, 4.69) is 13.8 Å². The maximum absolute atomic E-state index is 11.0. The molecule has 0 aliphatic heterocycles. The number of primary amides is 1.